The van der Waals surface area contributed by atoms with Gasteiger partial charge in [0.2, 0.25) is 0 Å². The van der Waals surface area contributed by atoms with E-state index in [1.807, 2.05) is 0 Å². The molecule has 0 aliphatic heterocycles. The Labute approximate surface area is 134 Å². The van der Waals surface area contributed by atoms with Crippen molar-refractivity contribution in [1.29, 1.82) is 0 Å². The van der Waals surface area contributed by atoms with E-state index in [4.69, 9.17) is 15.6 Å². The fraction of sp³-hybridized carbons (Fsp3) is 0.500. The smallest absolute Gasteiger partial charge is 0.166 e. The third-order valence-electron chi connectivity index (χ3n) is 3.06. The molecule has 2 heterocycles. The third kappa shape index (κ3) is 3.11. The first-order valence-corrected chi connectivity index (χ1v) is 7.32. The number of rotatable bonds is 6. The molecule has 2 atom stereocenters. The summed E-state index contributed by atoms with van der Waals surface area (Å²) in [6.45, 7) is 0.737. The monoisotopic (exact) mass is 408 g/mol. The molecular weight excluding hydrogens is 391 g/mol. The van der Waals surface area contributed by atoms with Crippen molar-refractivity contribution in [2.45, 2.75) is 18.8 Å². The lowest BCUT2D eigenvalue weighted by atomic mass is 10.1. The van der Waals surface area contributed by atoms with E-state index in [0.29, 0.717) is 16.9 Å². The van der Waals surface area contributed by atoms with E-state index in [9.17, 15) is 10.2 Å². The number of fused-ring (bicyclic) bond motifs is 1. The van der Waals surface area contributed by atoms with Gasteiger partial charge < -0.3 is 30.4 Å². The molecule has 0 amide bonds. The van der Waals surface area contributed by atoms with E-state index in [1.54, 1.807) is 10.8 Å². The van der Waals surface area contributed by atoms with E-state index in [0.717, 1.165) is 3.57 Å². The molecule has 0 saturated carbocycles. The topological polar surface area (TPSA) is 127 Å². The third-order valence-corrected chi connectivity index (χ3v) is 3.88. The maximum Gasteiger partial charge on any atom is 0.166 e. The van der Waals surface area contributed by atoms with Crippen LogP contribution >= 0.6 is 22.6 Å². The summed E-state index contributed by atoms with van der Waals surface area (Å²) < 4.78 is 7.88. The maximum atomic E-state index is 10.3. The van der Waals surface area contributed by atoms with Crippen LogP contribution in [0.1, 0.15) is 13.2 Å². The zero-order chi connectivity index (χ0) is 15.6. The Kier molecular flexibility index (Phi) is 4.99. The average Bonchev–Trinajstić information content (AvgIpc) is 2.78. The van der Waals surface area contributed by atoms with Gasteiger partial charge in [-0.25, -0.2) is 9.97 Å². The zero-order valence-corrected chi connectivity index (χ0v) is 13.6. The molecule has 8 nitrogen and oxygen atoms in total. The highest BCUT2D eigenvalue weighted by Crippen LogP contribution is 2.32. The number of nitrogen functional groups attached to an aromatic ring is 1. The van der Waals surface area contributed by atoms with Crippen LogP contribution in [-0.4, -0.2) is 55.3 Å². The molecule has 0 aliphatic carbocycles. The maximum absolute atomic E-state index is 10.3. The van der Waals surface area contributed by atoms with Crippen molar-refractivity contribution in [3.05, 3.63) is 16.1 Å². The number of aromatic nitrogens is 3. The Morgan fingerprint density at radius 2 is 2.19 bits per heavy atom. The number of ether oxygens (including phenoxy) is 1. The first-order valence-electron chi connectivity index (χ1n) is 6.24. The average molecular weight is 408 g/mol. The summed E-state index contributed by atoms with van der Waals surface area (Å²) in [5.41, 5.74) is 4.79. The minimum absolute atomic E-state index is 0.0115. The lowest BCUT2D eigenvalue weighted by Gasteiger charge is -2.32. The molecule has 5 N–H and O–H groups in total. The standard InChI is InChI=1S/C12H17IN4O4/c1-12(20,5-19)11(21-3-2-18)17-4-7(13)8-9(14)15-6-16-10(8)17/h4,6,11,18-20H,2-3,5H2,1H3,(H2,14,15,16)/t11?,12-/m1/s1. The molecule has 0 spiro atoms. The summed E-state index contributed by atoms with van der Waals surface area (Å²) >= 11 is 2.09. The fourth-order valence-corrected chi connectivity index (χ4v) is 2.86. The summed E-state index contributed by atoms with van der Waals surface area (Å²) in [5, 5.41) is 29.3. The van der Waals surface area contributed by atoms with Crippen molar-refractivity contribution in [3.63, 3.8) is 0 Å². The zero-order valence-electron chi connectivity index (χ0n) is 11.4. The van der Waals surface area contributed by atoms with Crippen LogP contribution in [0.4, 0.5) is 5.82 Å². The Bertz CT molecular complexity index is 631. The van der Waals surface area contributed by atoms with E-state index in [2.05, 4.69) is 32.6 Å². The van der Waals surface area contributed by atoms with Gasteiger partial charge in [0.1, 0.15) is 23.4 Å². The number of aliphatic hydroxyl groups excluding tert-OH is 2. The van der Waals surface area contributed by atoms with Crippen LogP contribution in [0.3, 0.4) is 0 Å². The van der Waals surface area contributed by atoms with Gasteiger partial charge in [-0.1, -0.05) is 0 Å². The summed E-state index contributed by atoms with van der Waals surface area (Å²) in [4.78, 5) is 8.11. The molecule has 0 aromatic carbocycles. The van der Waals surface area contributed by atoms with Crippen molar-refractivity contribution in [2.24, 2.45) is 0 Å². The van der Waals surface area contributed by atoms with Gasteiger partial charge in [0, 0.05) is 9.77 Å². The second-order valence-electron chi connectivity index (χ2n) is 4.80. The molecule has 2 aromatic heterocycles. The minimum Gasteiger partial charge on any atom is -0.394 e. The molecule has 0 radical (unpaired) electrons. The molecule has 0 aliphatic rings. The normalized spacial score (nSPS) is 16.0. The minimum atomic E-state index is -1.55. The van der Waals surface area contributed by atoms with Crippen molar-refractivity contribution in [2.75, 3.05) is 25.6 Å². The lowest BCUT2D eigenvalue weighted by molar-refractivity contribution is -0.159. The molecule has 21 heavy (non-hydrogen) atoms. The van der Waals surface area contributed by atoms with Crippen molar-refractivity contribution in [3.8, 4) is 0 Å². The number of hydrogen-bond acceptors (Lipinski definition) is 7. The van der Waals surface area contributed by atoms with Gasteiger partial charge in [-0.05, 0) is 29.5 Å². The van der Waals surface area contributed by atoms with Crippen LogP contribution < -0.4 is 5.73 Å². The second-order valence-corrected chi connectivity index (χ2v) is 5.97. The predicted octanol–water partition coefficient (Wildman–Crippen LogP) is -0.131. The van der Waals surface area contributed by atoms with Gasteiger partial charge in [0.05, 0.1) is 25.2 Å². The molecule has 116 valence electrons. The highest BCUT2D eigenvalue weighted by Gasteiger charge is 2.35. The number of anilines is 1. The van der Waals surface area contributed by atoms with Crippen molar-refractivity contribution >= 4 is 39.4 Å². The van der Waals surface area contributed by atoms with Gasteiger partial charge in [-0.15, -0.1) is 0 Å². The Morgan fingerprint density at radius 3 is 2.81 bits per heavy atom. The van der Waals surface area contributed by atoms with Gasteiger partial charge in [0.25, 0.3) is 0 Å². The quantitative estimate of drug-likeness (QED) is 0.491. The number of hydrogen-bond donors (Lipinski definition) is 4. The number of nitrogens with zero attached hydrogens (tertiary/aromatic N) is 3. The summed E-state index contributed by atoms with van der Waals surface area (Å²) in [7, 11) is 0. The van der Waals surface area contributed by atoms with E-state index < -0.39 is 18.4 Å². The number of halogens is 1. The Balaban J connectivity index is 2.57. The van der Waals surface area contributed by atoms with Gasteiger partial charge in [0.15, 0.2) is 6.23 Å². The lowest BCUT2D eigenvalue weighted by Crippen LogP contribution is -2.41. The molecule has 2 rings (SSSR count). The second kappa shape index (κ2) is 6.40. The van der Waals surface area contributed by atoms with Gasteiger partial charge >= 0.3 is 0 Å². The Morgan fingerprint density at radius 1 is 1.48 bits per heavy atom. The highest BCUT2D eigenvalue weighted by atomic mass is 127. The predicted molar refractivity (Wildman–Crippen MR) is 84.4 cm³/mol. The van der Waals surface area contributed by atoms with Crippen molar-refractivity contribution in [1.82, 2.24) is 14.5 Å². The first kappa shape index (κ1) is 16.4. The van der Waals surface area contributed by atoms with Crippen LogP contribution in [0.25, 0.3) is 11.0 Å². The molecule has 1 unspecified atom stereocenters. The SMILES string of the molecule is C[C@@](O)(CO)C(OCCO)n1cc(I)c2c(N)ncnc21. The van der Waals surface area contributed by atoms with Gasteiger partial charge in [-0.2, -0.15) is 0 Å². The van der Waals surface area contributed by atoms with Crippen LogP contribution in [0.15, 0.2) is 12.5 Å². The van der Waals surface area contributed by atoms with E-state index in [1.165, 1.54) is 13.3 Å². The van der Waals surface area contributed by atoms with E-state index >= 15 is 0 Å². The molecule has 0 fully saturated rings. The highest BCUT2D eigenvalue weighted by molar-refractivity contribution is 14.1. The van der Waals surface area contributed by atoms with Crippen LogP contribution in [0, 0.1) is 3.57 Å². The van der Waals surface area contributed by atoms with Crippen molar-refractivity contribution < 1.29 is 20.1 Å². The van der Waals surface area contributed by atoms with E-state index in [-0.39, 0.29) is 13.2 Å². The first-order chi connectivity index (χ1) is 9.92. The molecule has 0 bridgehead atoms. The Hall–Kier alpha value is -1.01. The summed E-state index contributed by atoms with van der Waals surface area (Å²) in [5.74, 6) is 0.327. The molecule has 0 saturated heterocycles. The number of aliphatic hydroxyl groups is 3. The molecular formula is C12H17IN4O4. The van der Waals surface area contributed by atoms with Crippen LogP contribution in [0.2, 0.25) is 0 Å². The molecule has 2 aromatic rings. The fourth-order valence-electron chi connectivity index (χ4n) is 2.04. The van der Waals surface area contributed by atoms with Crippen LogP contribution in [0.5, 0.6) is 0 Å². The van der Waals surface area contributed by atoms with Crippen LogP contribution in [-0.2, 0) is 4.74 Å². The largest absolute Gasteiger partial charge is 0.394 e. The number of nitrogens with two attached hydrogens (primary N) is 1. The summed E-state index contributed by atoms with van der Waals surface area (Å²) in [6.07, 6.45) is 2.11. The van der Waals surface area contributed by atoms with Gasteiger partial charge in [-0.3, -0.25) is 0 Å². The molecule has 9 heteroatoms. The summed E-state index contributed by atoms with van der Waals surface area (Å²) in [6, 6.07) is 0.